The number of hydrogen-bond acceptors (Lipinski definition) is 6. The highest BCUT2D eigenvalue weighted by Crippen LogP contribution is 2.28. The third-order valence-corrected chi connectivity index (χ3v) is 3.89. The second kappa shape index (κ2) is 5.57. The summed E-state index contributed by atoms with van der Waals surface area (Å²) in [5.74, 6) is 0. The molecule has 17 heavy (non-hydrogen) atoms. The Kier molecular flexibility index (Phi) is 4.09. The molecule has 1 atom stereocenters. The maximum absolute atomic E-state index is 5.74. The van der Waals surface area contributed by atoms with Crippen LogP contribution in [0.25, 0.3) is 0 Å². The minimum atomic E-state index is 0.168. The second-order valence-electron chi connectivity index (χ2n) is 3.88. The zero-order chi connectivity index (χ0) is 12.3. The van der Waals surface area contributed by atoms with Crippen molar-refractivity contribution >= 4 is 23.1 Å². The SMILES string of the molecule is Cc1nnc(Sc2ccc(CC(C)N)cn2)s1. The molecule has 0 fully saturated rings. The molecule has 2 aromatic heterocycles. The Hall–Kier alpha value is -0.980. The molecule has 2 aromatic rings. The van der Waals surface area contributed by atoms with E-state index in [0.29, 0.717) is 0 Å². The standard InChI is InChI=1S/C11H14N4S2/c1-7(12)5-9-3-4-10(13-6-9)17-11-15-14-8(2)16-11/h3-4,6-7H,5,12H2,1-2H3. The molecule has 90 valence electrons. The molecule has 0 aliphatic carbocycles. The summed E-state index contributed by atoms with van der Waals surface area (Å²) < 4.78 is 0.926. The first kappa shape index (κ1) is 12.5. The van der Waals surface area contributed by atoms with Crippen LogP contribution in [0.2, 0.25) is 0 Å². The lowest BCUT2D eigenvalue weighted by atomic mass is 10.1. The fourth-order valence-corrected chi connectivity index (χ4v) is 3.08. The number of aryl methyl sites for hydroxylation is 1. The molecule has 2 rings (SSSR count). The van der Waals surface area contributed by atoms with E-state index in [2.05, 4.69) is 21.2 Å². The van der Waals surface area contributed by atoms with Crippen molar-refractivity contribution in [3.63, 3.8) is 0 Å². The van der Waals surface area contributed by atoms with Crippen LogP contribution in [-0.2, 0) is 6.42 Å². The van der Waals surface area contributed by atoms with Crippen molar-refractivity contribution in [1.29, 1.82) is 0 Å². The highest BCUT2D eigenvalue weighted by atomic mass is 32.2. The minimum absolute atomic E-state index is 0.168. The van der Waals surface area contributed by atoms with Gasteiger partial charge in [0.25, 0.3) is 0 Å². The number of hydrogen-bond donors (Lipinski definition) is 1. The first-order chi connectivity index (χ1) is 8.13. The Morgan fingerprint density at radius 3 is 2.76 bits per heavy atom. The van der Waals surface area contributed by atoms with Crippen molar-refractivity contribution in [2.45, 2.75) is 35.7 Å². The van der Waals surface area contributed by atoms with E-state index in [1.54, 1.807) is 11.3 Å². The molecule has 2 heterocycles. The number of pyridine rings is 1. The van der Waals surface area contributed by atoms with Gasteiger partial charge in [-0.25, -0.2) is 4.98 Å². The molecule has 6 heteroatoms. The molecule has 0 bridgehead atoms. The molecule has 0 spiro atoms. The Labute approximate surface area is 109 Å². The van der Waals surface area contributed by atoms with Gasteiger partial charge in [0.05, 0.1) is 0 Å². The Bertz CT molecular complexity index is 478. The van der Waals surface area contributed by atoms with Crippen LogP contribution in [0.4, 0.5) is 0 Å². The first-order valence-corrected chi connectivity index (χ1v) is 6.95. The Morgan fingerprint density at radius 2 is 2.24 bits per heavy atom. The van der Waals surface area contributed by atoms with Gasteiger partial charge in [0.1, 0.15) is 10.0 Å². The summed E-state index contributed by atoms with van der Waals surface area (Å²) in [6.45, 7) is 3.94. The predicted octanol–water partition coefficient (Wildman–Crippen LogP) is 2.28. The molecule has 0 saturated heterocycles. The molecule has 1 unspecified atom stereocenters. The van der Waals surface area contributed by atoms with Crippen molar-refractivity contribution in [2.24, 2.45) is 5.73 Å². The lowest BCUT2D eigenvalue weighted by Crippen LogP contribution is -2.17. The fourth-order valence-electron chi connectivity index (χ4n) is 1.37. The van der Waals surface area contributed by atoms with Gasteiger partial charge in [-0.05, 0) is 43.7 Å². The van der Waals surface area contributed by atoms with Gasteiger partial charge in [0.2, 0.25) is 0 Å². The third kappa shape index (κ3) is 3.76. The average molecular weight is 266 g/mol. The zero-order valence-electron chi connectivity index (χ0n) is 9.75. The van der Waals surface area contributed by atoms with E-state index in [4.69, 9.17) is 5.73 Å². The van der Waals surface area contributed by atoms with Gasteiger partial charge < -0.3 is 5.73 Å². The summed E-state index contributed by atoms with van der Waals surface area (Å²) in [6.07, 6.45) is 2.73. The highest BCUT2D eigenvalue weighted by molar-refractivity contribution is 8.01. The summed E-state index contributed by atoms with van der Waals surface area (Å²) in [5, 5.41) is 9.94. The van der Waals surface area contributed by atoms with Crippen LogP contribution in [0, 0.1) is 6.92 Å². The van der Waals surface area contributed by atoms with Crippen LogP contribution >= 0.6 is 23.1 Å². The van der Waals surface area contributed by atoms with E-state index < -0.39 is 0 Å². The molecule has 0 radical (unpaired) electrons. The molecule has 4 nitrogen and oxygen atoms in total. The van der Waals surface area contributed by atoms with Gasteiger partial charge in [-0.1, -0.05) is 17.4 Å². The highest BCUT2D eigenvalue weighted by Gasteiger charge is 2.05. The summed E-state index contributed by atoms with van der Waals surface area (Å²) in [5.41, 5.74) is 6.90. The smallest absolute Gasteiger partial charge is 0.180 e. The van der Waals surface area contributed by atoms with Crippen molar-refractivity contribution < 1.29 is 0 Å². The average Bonchev–Trinajstić information content (AvgIpc) is 2.66. The molecule has 0 aliphatic rings. The quantitative estimate of drug-likeness (QED) is 0.919. The molecule has 0 aliphatic heterocycles. The van der Waals surface area contributed by atoms with Crippen molar-refractivity contribution in [3.05, 3.63) is 28.9 Å². The molecule has 0 aromatic carbocycles. The van der Waals surface area contributed by atoms with Crippen molar-refractivity contribution in [3.8, 4) is 0 Å². The monoisotopic (exact) mass is 266 g/mol. The fraction of sp³-hybridized carbons (Fsp3) is 0.364. The zero-order valence-corrected chi connectivity index (χ0v) is 11.4. The lowest BCUT2D eigenvalue weighted by Gasteiger charge is -2.04. The molecule has 2 N–H and O–H groups in total. The first-order valence-electron chi connectivity index (χ1n) is 5.32. The predicted molar refractivity (Wildman–Crippen MR) is 70.4 cm³/mol. The second-order valence-corrected chi connectivity index (χ2v) is 6.32. The van der Waals surface area contributed by atoms with Crippen LogP contribution in [0.1, 0.15) is 17.5 Å². The summed E-state index contributed by atoms with van der Waals surface area (Å²) in [4.78, 5) is 4.38. The minimum Gasteiger partial charge on any atom is -0.328 e. The Morgan fingerprint density at radius 1 is 1.41 bits per heavy atom. The number of aromatic nitrogens is 3. The van der Waals surface area contributed by atoms with E-state index in [1.165, 1.54) is 11.8 Å². The normalized spacial score (nSPS) is 12.6. The van der Waals surface area contributed by atoms with E-state index in [-0.39, 0.29) is 6.04 Å². The lowest BCUT2D eigenvalue weighted by molar-refractivity contribution is 0.734. The number of nitrogens with zero attached hydrogens (tertiary/aromatic N) is 3. The molecule has 0 amide bonds. The van der Waals surface area contributed by atoms with Gasteiger partial charge >= 0.3 is 0 Å². The van der Waals surface area contributed by atoms with E-state index in [0.717, 1.165) is 26.4 Å². The van der Waals surface area contributed by atoms with Crippen LogP contribution in [0.15, 0.2) is 27.7 Å². The molecule has 0 saturated carbocycles. The van der Waals surface area contributed by atoms with Crippen molar-refractivity contribution in [2.75, 3.05) is 0 Å². The summed E-state index contributed by atoms with van der Waals surface area (Å²) in [7, 11) is 0. The molecular formula is C11H14N4S2. The van der Waals surface area contributed by atoms with Crippen LogP contribution in [0.5, 0.6) is 0 Å². The van der Waals surface area contributed by atoms with Gasteiger partial charge in [-0.3, -0.25) is 0 Å². The topological polar surface area (TPSA) is 64.7 Å². The maximum atomic E-state index is 5.74. The van der Waals surface area contributed by atoms with Crippen LogP contribution < -0.4 is 5.73 Å². The number of nitrogens with two attached hydrogens (primary N) is 1. The van der Waals surface area contributed by atoms with E-state index >= 15 is 0 Å². The van der Waals surface area contributed by atoms with Gasteiger partial charge in [0.15, 0.2) is 4.34 Å². The van der Waals surface area contributed by atoms with Crippen LogP contribution in [0.3, 0.4) is 0 Å². The van der Waals surface area contributed by atoms with Gasteiger partial charge in [-0.2, -0.15) is 0 Å². The maximum Gasteiger partial charge on any atom is 0.180 e. The summed E-state index contributed by atoms with van der Waals surface area (Å²) in [6, 6.07) is 4.23. The van der Waals surface area contributed by atoms with E-state index in [1.807, 2.05) is 26.1 Å². The van der Waals surface area contributed by atoms with E-state index in [9.17, 15) is 0 Å². The van der Waals surface area contributed by atoms with Gasteiger partial charge in [-0.15, -0.1) is 10.2 Å². The third-order valence-electron chi connectivity index (χ3n) is 2.05. The number of rotatable bonds is 4. The Balaban J connectivity index is 2.03. The van der Waals surface area contributed by atoms with Crippen LogP contribution in [-0.4, -0.2) is 21.2 Å². The van der Waals surface area contributed by atoms with Crippen molar-refractivity contribution in [1.82, 2.24) is 15.2 Å². The molecular weight excluding hydrogens is 252 g/mol. The van der Waals surface area contributed by atoms with Gasteiger partial charge in [0, 0.05) is 12.2 Å². The largest absolute Gasteiger partial charge is 0.328 e. The summed E-state index contributed by atoms with van der Waals surface area (Å²) >= 11 is 3.12.